The molecule has 0 heterocycles. The highest BCUT2D eigenvalue weighted by molar-refractivity contribution is 6.05. The fraction of sp³-hybridized carbons (Fsp3) is 0.452. The third-order valence-corrected chi connectivity index (χ3v) is 5.45. The Morgan fingerprint density at radius 2 is 1.50 bits per heavy atom. The van der Waals surface area contributed by atoms with E-state index in [9.17, 15) is 14.4 Å². The molecule has 0 aromatic heterocycles. The molecule has 0 spiro atoms. The number of carbonyl (C=O) groups is 3. The Bertz CT molecular complexity index is 1070. The van der Waals surface area contributed by atoms with E-state index >= 15 is 0 Å². The molecule has 2 aromatic carbocycles. The van der Waals surface area contributed by atoms with E-state index in [1.165, 1.54) is 24.8 Å². The van der Waals surface area contributed by atoms with Crippen LogP contribution in [0.3, 0.4) is 0 Å². The van der Waals surface area contributed by atoms with Crippen LogP contribution in [0.25, 0.3) is 0 Å². The van der Waals surface area contributed by atoms with E-state index in [0.29, 0.717) is 11.3 Å². The van der Waals surface area contributed by atoms with Crippen molar-refractivity contribution in [3.63, 3.8) is 0 Å². The van der Waals surface area contributed by atoms with Crippen molar-refractivity contribution in [3.8, 4) is 5.75 Å². The molecule has 0 radical (unpaired) electrons. The summed E-state index contributed by atoms with van der Waals surface area (Å²) in [4.78, 5) is 38.0. The van der Waals surface area contributed by atoms with Crippen LogP contribution in [0.5, 0.6) is 5.75 Å². The molecule has 0 atom stereocenters. The molecule has 1 N–H and O–H groups in total. The van der Waals surface area contributed by atoms with Gasteiger partial charge < -0.3 is 19.5 Å². The van der Waals surface area contributed by atoms with Gasteiger partial charge in [-0.25, -0.2) is 9.59 Å². The number of benzene rings is 2. The zero-order chi connectivity index (χ0) is 27.9. The highest BCUT2D eigenvalue weighted by atomic mass is 16.6. The Kier molecular flexibility index (Phi) is 13.1. The lowest BCUT2D eigenvalue weighted by atomic mass is 10.0. The normalized spacial score (nSPS) is 11.4. The number of unbranched alkanes of at least 4 members (excludes halogenated alkanes) is 3. The Morgan fingerprint density at radius 3 is 2.16 bits per heavy atom. The molecule has 0 aliphatic rings. The summed E-state index contributed by atoms with van der Waals surface area (Å²) in [6.07, 6.45) is 6.72. The number of aryl methyl sites for hydroxylation is 1. The second-order valence-corrected chi connectivity index (χ2v) is 10.1. The van der Waals surface area contributed by atoms with Gasteiger partial charge >= 0.3 is 11.9 Å². The maximum Gasteiger partial charge on any atom is 0.374 e. The van der Waals surface area contributed by atoms with E-state index in [-0.39, 0.29) is 42.5 Å². The SMILES string of the molecule is CCCCCCc1ccc(C(=O)Nc2ccccc2O/C(=C\C(=O)OCC(C)C)C(=O)OCC(C)C)cc1. The number of hydrogen-bond acceptors (Lipinski definition) is 6. The van der Waals surface area contributed by atoms with Gasteiger partial charge in [0.25, 0.3) is 5.91 Å². The van der Waals surface area contributed by atoms with Crippen molar-refractivity contribution in [3.05, 3.63) is 71.5 Å². The lowest BCUT2D eigenvalue weighted by Crippen LogP contribution is -2.19. The van der Waals surface area contributed by atoms with Crippen LogP contribution in [0.2, 0.25) is 0 Å². The average Bonchev–Trinajstić information content (AvgIpc) is 2.89. The van der Waals surface area contributed by atoms with Crippen LogP contribution in [0.4, 0.5) is 5.69 Å². The standard InChI is InChI=1S/C31H41NO6/c1-6-7-8-9-12-24-15-17-25(18-16-24)30(34)32-26-13-10-11-14-27(26)38-28(31(35)37-21-23(4)5)19-29(33)36-20-22(2)3/h10-11,13-19,22-23H,6-9,12,20-21H2,1-5H3,(H,32,34)/b28-19-. The van der Waals surface area contributed by atoms with Crippen molar-refractivity contribution in [2.75, 3.05) is 18.5 Å². The van der Waals surface area contributed by atoms with Gasteiger partial charge in [0, 0.05) is 5.56 Å². The maximum absolute atomic E-state index is 13.0. The summed E-state index contributed by atoms with van der Waals surface area (Å²) in [5, 5.41) is 2.83. The molecule has 0 unspecified atom stereocenters. The maximum atomic E-state index is 13.0. The first kappa shape index (κ1) is 30.6. The van der Waals surface area contributed by atoms with Gasteiger partial charge in [-0.1, -0.05) is 78.1 Å². The van der Waals surface area contributed by atoms with Crippen LogP contribution in [0.1, 0.15) is 76.2 Å². The minimum atomic E-state index is -0.796. The van der Waals surface area contributed by atoms with Crippen LogP contribution in [-0.4, -0.2) is 31.1 Å². The first-order chi connectivity index (χ1) is 18.2. The molecule has 38 heavy (non-hydrogen) atoms. The van der Waals surface area contributed by atoms with E-state index in [1.54, 1.807) is 36.4 Å². The summed E-state index contributed by atoms with van der Waals surface area (Å²) in [7, 11) is 0. The number of ether oxygens (including phenoxy) is 3. The molecular weight excluding hydrogens is 482 g/mol. The molecule has 0 aliphatic carbocycles. The van der Waals surface area contributed by atoms with E-state index in [4.69, 9.17) is 14.2 Å². The van der Waals surface area contributed by atoms with Crippen LogP contribution in [-0.2, 0) is 25.5 Å². The quantitative estimate of drug-likeness (QED) is 0.121. The van der Waals surface area contributed by atoms with Gasteiger partial charge in [0.2, 0.25) is 5.76 Å². The molecule has 0 fully saturated rings. The van der Waals surface area contributed by atoms with Gasteiger partial charge in [0.1, 0.15) is 0 Å². The molecule has 7 heteroatoms. The zero-order valence-corrected chi connectivity index (χ0v) is 23.3. The van der Waals surface area contributed by atoms with Crippen LogP contribution >= 0.6 is 0 Å². The molecule has 0 saturated heterocycles. The van der Waals surface area contributed by atoms with E-state index < -0.39 is 11.9 Å². The van der Waals surface area contributed by atoms with Crippen LogP contribution in [0, 0.1) is 11.8 Å². The number of rotatable bonds is 15. The summed E-state index contributed by atoms with van der Waals surface area (Å²) in [5.74, 6) is -1.73. The number of anilines is 1. The van der Waals surface area contributed by atoms with E-state index in [2.05, 4.69) is 12.2 Å². The van der Waals surface area contributed by atoms with Gasteiger partial charge in [-0.3, -0.25) is 4.79 Å². The Labute approximate surface area is 226 Å². The summed E-state index contributed by atoms with van der Waals surface area (Å²) >= 11 is 0. The highest BCUT2D eigenvalue weighted by Crippen LogP contribution is 2.27. The van der Waals surface area contributed by atoms with Crippen molar-refractivity contribution in [2.45, 2.75) is 66.7 Å². The number of esters is 2. The van der Waals surface area contributed by atoms with Crippen molar-refractivity contribution in [1.29, 1.82) is 0 Å². The summed E-state index contributed by atoms with van der Waals surface area (Å²) in [5.41, 5.74) is 2.04. The summed E-state index contributed by atoms with van der Waals surface area (Å²) in [6.45, 7) is 10.2. The first-order valence-corrected chi connectivity index (χ1v) is 13.4. The lowest BCUT2D eigenvalue weighted by molar-refractivity contribution is -0.144. The van der Waals surface area contributed by atoms with Crippen molar-refractivity contribution in [1.82, 2.24) is 0 Å². The van der Waals surface area contributed by atoms with Crippen molar-refractivity contribution in [2.24, 2.45) is 11.8 Å². The predicted molar refractivity (Wildman–Crippen MR) is 149 cm³/mol. The third-order valence-electron chi connectivity index (χ3n) is 5.45. The summed E-state index contributed by atoms with van der Waals surface area (Å²) < 4.78 is 16.3. The molecule has 7 nitrogen and oxygen atoms in total. The second-order valence-electron chi connectivity index (χ2n) is 10.1. The van der Waals surface area contributed by atoms with Crippen molar-refractivity contribution >= 4 is 23.5 Å². The first-order valence-electron chi connectivity index (χ1n) is 13.4. The molecular formula is C31H41NO6. The number of nitrogens with one attached hydrogen (secondary N) is 1. The van der Waals surface area contributed by atoms with Gasteiger partial charge in [0.15, 0.2) is 5.75 Å². The molecule has 0 bridgehead atoms. The third kappa shape index (κ3) is 11.2. The smallest absolute Gasteiger partial charge is 0.374 e. The Morgan fingerprint density at radius 1 is 0.842 bits per heavy atom. The van der Waals surface area contributed by atoms with Gasteiger partial charge in [-0.15, -0.1) is 0 Å². The highest BCUT2D eigenvalue weighted by Gasteiger charge is 2.20. The monoisotopic (exact) mass is 523 g/mol. The number of amides is 1. The van der Waals surface area contributed by atoms with E-state index in [0.717, 1.165) is 18.9 Å². The van der Waals surface area contributed by atoms with Crippen LogP contribution < -0.4 is 10.1 Å². The Hall–Kier alpha value is -3.61. The number of hydrogen-bond donors (Lipinski definition) is 1. The lowest BCUT2D eigenvalue weighted by Gasteiger charge is -2.15. The molecule has 0 aliphatic heterocycles. The molecule has 0 saturated carbocycles. The van der Waals surface area contributed by atoms with Gasteiger partial charge in [-0.05, 0) is 54.5 Å². The topological polar surface area (TPSA) is 90.9 Å². The van der Waals surface area contributed by atoms with Gasteiger partial charge in [0.05, 0.1) is 25.0 Å². The largest absolute Gasteiger partial charge is 0.462 e. The zero-order valence-electron chi connectivity index (χ0n) is 23.3. The molecule has 206 valence electrons. The fourth-order valence-electron chi connectivity index (χ4n) is 3.39. The number of carbonyl (C=O) groups excluding carboxylic acids is 3. The van der Waals surface area contributed by atoms with Crippen LogP contribution in [0.15, 0.2) is 60.4 Å². The molecule has 2 aromatic rings. The minimum absolute atomic E-state index is 0.0994. The molecule has 1 amide bonds. The summed E-state index contributed by atoms with van der Waals surface area (Å²) in [6, 6.07) is 14.2. The van der Waals surface area contributed by atoms with Gasteiger partial charge in [-0.2, -0.15) is 0 Å². The average molecular weight is 524 g/mol. The number of para-hydroxylation sites is 2. The fourth-order valence-corrected chi connectivity index (χ4v) is 3.39. The Balaban J connectivity index is 2.16. The second kappa shape index (κ2) is 16.3. The van der Waals surface area contributed by atoms with E-state index in [1.807, 2.05) is 39.8 Å². The minimum Gasteiger partial charge on any atom is -0.462 e. The van der Waals surface area contributed by atoms with Crippen molar-refractivity contribution < 1.29 is 28.6 Å². The predicted octanol–water partition coefficient (Wildman–Crippen LogP) is 6.72. The molecule has 2 rings (SSSR count).